The molecular formula is C17H29N. The van der Waals surface area contributed by atoms with E-state index in [0.717, 1.165) is 23.8 Å². The molecular weight excluding hydrogens is 218 g/mol. The fraction of sp³-hybridized carbons (Fsp3) is 1.00. The Labute approximate surface area is 112 Å². The molecule has 2 bridgehead atoms. The Balaban J connectivity index is 1.76. The molecule has 4 fully saturated rings. The van der Waals surface area contributed by atoms with Crippen LogP contribution in [0.2, 0.25) is 0 Å². The Morgan fingerprint density at radius 1 is 0.556 bits per heavy atom. The van der Waals surface area contributed by atoms with Crippen molar-refractivity contribution in [2.24, 2.45) is 17.8 Å². The predicted molar refractivity (Wildman–Crippen MR) is 75.5 cm³/mol. The van der Waals surface area contributed by atoms with Crippen LogP contribution in [0.1, 0.15) is 77.0 Å². The van der Waals surface area contributed by atoms with Gasteiger partial charge in [-0.15, -0.1) is 0 Å². The molecule has 18 heavy (non-hydrogen) atoms. The van der Waals surface area contributed by atoms with Crippen molar-refractivity contribution in [1.29, 1.82) is 0 Å². The van der Waals surface area contributed by atoms with Crippen LogP contribution in [-0.4, -0.2) is 11.6 Å². The molecule has 2 aliphatic carbocycles. The van der Waals surface area contributed by atoms with Gasteiger partial charge in [-0.2, -0.15) is 0 Å². The van der Waals surface area contributed by atoms with Crippen LogP contribution in [0, 0.1) is 17.8 Å². The zero-order valence-corrected chi connectivity index (χ0v) is 11.8. The first kappa shape index (κ1) is 11.8. The van der Waals surface area contributed by atoms with E-state index in [-0.39, 0.29) is 0 Å². The number of nitrogens with one attached hydrogen (secondary N) is 1. The molecule has 2 saturated heterocycles. The first-order chi connectivity index (χ1) is 8.89. The summed E-state index contributed by atoms with van der Waals surface area (Å²) < 4.78 is 0. The van der Waals surface area contributed by atoms with Gasteiger partial charge in [-0.3, -0.25) is 0 Å². The summed E-state index contributed by atoms with van der Waals surface area (Å²) in [5, 5.41) is 4.30. The molecule has 1 N–H and O–H groups in total. The fourth-order valence-electron chi connectivity index (χ4n) is 6.30. The van der Waals surface area contributed by atoms with Crippen LogP contribution in [0.5, 0.6) is 0 Å². The van der Waals surface area contributed by atoms with Gasteiger partial charge in [0.2, 0.25) is 0 Å². The van der Waals surface area contributed by atoms with Crippen LogP contribution in [-0.2, 0) is 0 Å². The minimum atomic E-state index is 0.605. The molecule has 1 heteroatoms. The van der Waals surface area contributed by atoms with Gasteiger partial charge in [-0.05, 0) is 69.1 Å². The van der Waals surface area contributed by atoms with E-state index < -0.39 is 0 Å². The Bertz CT molecular complexity index is 287. The first-order valence-electron chi connectivity index (χ1n) is 8.67. The van der Waals surface area contributed by atoms with E-state index in [1.807, 2.05) is 0 Å². The van der Waals surface area contributed by atoms with Crippen LogP contribution in [0.4, 0.5) is 0 Å². The first-order valence-corrected chi connectivity index (χ1v) is 8.67. The Morgan fingerprint density at radius 2 is 0.944 bits per heavy atom. The molecule has 1 nitrogen and oxygen atoms in total. The molecule has 0 aromatic heterocycles. The zero-order valence-electron chi connectivity index (χ0n) is 11.8. The number of hydrogen-bond donors (Lipinski definition) is 1. The summed E-state index contributed by atoms with van der Waals surface area (Å²) in [5.41, 5.74) is 0.605. The summed E-state index contributed by atoms with van der Waals surface area (Å²) in [6.45, 7) is 0. The molecule has 2 unspecified atom stereocenters. The molecule has 0 aromatic carbocycles. The normalized spacial score (nSPS) is 52.0. The lowest BCUT2D eigenvalue weighted by atomic mass is 9.54. The quantitative estimate of drug-likeness (QED) is 0.674. The number of hydrogen-bond acceptors (Lipinski definition) is 1. The summed E-state index contributed by atoms with van der Waals surface area (Å²) >= 11 is 0. The van der Waals surface area contributed by atoms with Gasteiger partial charge in [-0.1, -0.05) is 25.7 Å². The highest BCUT2D eigenvalue weighted by Gasteiger charge is 2.55. The van der Waals surface area contributed by atoms with Crippen molar-refractivity contribution in [3.63, 3.8) is 0 Å². The van der Waals surface area contributed by atoms with Crippen LogP contribution in [0.25, 0.3) is 0 Å². The average Bonchev–Trinajstić information content (AvgIpc) is 2.68. The summed E-state index contributed by atoms with van der Waals surface area (Å²) in [4.78, 5) is 0. The number of rotatable bonds is 0. The minimum absolute atomic E-state index is 0.605. The molecule has 4 rings (SSSR count). The van der Waals surface area contributed by atoms with Gasteiger partial charge in [-0.25, -0.2) is 0 Å². The van der Waals surface area contributed by atoms with E-state index in [1.54, 1.807) is 0 Å². The van der Waals surface area contributed by atoms with E-state index in [2.05, 4.69) is 5.32 Å². The summed E-state index contributed by atoms with van der Waals surface area (Å²) in [7, 11) is 0. The summed E-state index contributed by atoms with van der Waals surface area (Å²) in [5.74, 6) is 3.10. The molecule has 2 atom stereocenters. The second-order valence-electron chi connectivity index (χ2n) is 7.59. The van der Waals surface area contributed by atoms with Crippen molar-refractivity contribution < 1.29 is 0 Å². The highest BCUT2D eigenvalue weighted by molar-refractivity contribution is 5.11. The van der Waals surface area contributed by atoms with Crippen molar-refractivity contribution in [2.45, 2.75) is 88.6 Å². The Kier molecular flexibility index (Phi) is 2.94. The number of fused-ring (bicyclic) bond motifs is 1. The lowest BCUT2D eigenvalue weighted by Crippen LogP contribution is -2.64. The minimum Gasteiger partial charge on any atom is -0.308 e. The van der Waals surface area contributed by atoms with Crippen molar-refractivity contribution in [1.82, 2.24) is 5.32 Å². The van der Waals surface area contributed by atoms with Gasteiger partial charge in [0, 0.05) is 11.6 Å². The smallest absolute Gasteiger partial charge is 0.0268 e. The maximum Gasteiger partial charge on any atom is 0.0268 e. The third-order valence-electron chi connectivity index (χ3n) is 6.90. The van der Waals surface area contributed by atoms with E-state index >= 15 is 0 Å². The highest BCUT2D eigenvalue weighted by Crippen LogP contribution is 2.55. The molecule has 2 saturated carbocycles. The van der Waals surface area contributed by atoms with Gasteiger partial charge >= 0.3 is 0 Å². The topological polar surface area (TPSA) is 12.0 Å². The second-order valence-corrected chi connectivity index (χ2v) is 7.59. The zero-order chi connectivity index (χ0) is 12.0. The van der Waals surface area contributed by atoms with E-state index in [1.165, 1.54) is 77.0 Å². The van der Waals surface area contributed by atoms with Gasteiger partial charge in [0.15, 0.2) is 0 Å². The highest BCUT2D eigenvalue weighted by atomic mass is 15.1. The molecule has 0 amide bonds. The van der Waals surface area contributed by atoms with Crippen molar-refractivity contribution in [3.05, 3.63) is 0 Å². The van der Waals surface area contributed by atoms with Crippen LogP contribution in [0.3, 0.4) is 0 Å². The largest absolute Gasteiger partial charge is 0.308 e. The molecule has 2 aliphatic heterocycles. The van der Waals surface area contributed by atoms with Crippen molar-refractivity contribution >= 4 is 0 Å². The molecule has 1 spiro atoms. The summed E-state index contributed by atoms with van der Waals surface area (Å²) in [6, 6.07) is 0.874. The SMILES string of the molecule is C1CC2CCCC3CCCC4CCCC(C1)C34N2. The van der Waals surface area contributed by atoms with Crippen LogP contribution < -0.4 is 5.32 Å². The third-order valence-corrected chi connectivity index (χ3v) is 6.90. The van der Waals surface area contributed by atoms with E-state index in [4.69, 9.17) is 0 Å². The molecule has 0 aromatic rings. The predicted octanol–water partition coefficient (Wildman–Crippen LogP) is 4.27. The molecule has 2 heterocycles. The molecule has 102 valence electrons. The van der Waals surface area contributed by atoms with Crippen LogP contribution >= 0.6 is 0 Å². The molecule has 0 radical (unpaired) electrons. The molecule has 4 aliphatic rings. The Morgan fingerprint density at radius 3 is 1.39 bits per heavy atom. The van der Waals surface area contributed by atoms with Gasteiger partial charge < -0.3 is 5.32 Å². The van der Waals surface area contributed by atoms with Gasteiger partial charge in [0.25, 0.3) is 0 Å². The van der Waals surface area contributed by atoms with Crippen molar-refractivity contribution in [3.8, 4) is 0 Å². The standard InChI is InChI=1S/C17H29N/c1-5-13-6-2-8-15-10-4-12-16-11-3-9-14(7-1)17(13,15)18-16/h13-16,18H,1-12H2. The maximum absolute atomic E-state index is 4.30. The Hall–Kier alpha value is -0.0400. The average molecular weight is 247 g/mol. The maximum atomic E-state index is 4.30. The lowest BCUT2D eigenvalue weighted by Gasteiger charge is -2.57. The third kappa shape index (κ3) is 1.62. The lowest BCUT2D eigenvalue weighted by molar-refractivity contribution is -0.0178. The fourth-order valence-corrected chi connectivity index (χ4v) is 6.30. The van der Waals surface area contributed by atoms with E-state index in [0.29, 0.717) is 5.54 Å². The van der Waals surface area contributed by atoms with Crippen LogP contribution in [0.15, 0.2) is 0 Å². The summed E-state index contributed by atoms with van der Waals surface area (Å²) in [6.07, 6.45) is 18.2. The monoisotopic (exact) mass is 247 g/mol. The van der Waals surface area contributed by atoms with Gasteiger partial charge in [0.05, 0.1) is 0 Å². The van der Waals surface area contributed by atoms with Crippen molar-refractivity contribution in [2.75, 3.05) is 0 Å². The second kappa shape index (κ2) is 4.51. The van der Waals surface area contributed by atoms with Gasteiger partial charge in [0.1, 0.15) is 0 Å². The van der Waals surface area contributed by atoms with E-state index in [9.17, 15) is 0 Å².